The van der Waals surface area contributed by atoms with Gasteiger partial charge >= 0.3 is 0 Å². The molecule has 4 N–H and O–H groups in total. The molecule has 0 heterocycles. The van der Waals surface area contributed by atoms with Crippen molar-refractivity contribution in [1.29, 1.82) is 0 Å². The molecule has 0 fully saturated rings. The minimum Gasteiger partial charge on any atom is -0.397 e. The maximum atomic E-state index is 11.6. The summed E-state index contributed by atoms with van der Waals surface area (Å²) in [7, 11) is -2.94. The van der Waals surface area contributed by atoms with Crippen LogP contribution in [0, 0.1) is 0 Å². The Balaban J connectivity index is 2.58. The Kier molecular flexibility index (Phi) is 5.82. The molecular formula is C13H21N3O3S. The normalized spacial score (nSPS) is 11.1. The number of sulfone groups is 1. The van der Waals surface area contributed by atoms with Crippen molar-refractivity contribution < 1.29 is 13.2 Å². The van der Waals surface area contributed by atoms with Gasteiger partial charge in [0.25, 0.3) is 5.91 Å². The second-order valence-electron chi connectivity index (χ2n) is 4.57. The zero-order chi connectivity index (χ0) is 15.2. The topological polar surface area (TPSA) is 101 Å². The van der Waals surface area contributed by atoms with E-state index in [-0.39, 0.29) is 11.7 Å². The van der Waals surface area contributed by atoms with Gasteiger partial charge in [-0.25, -0.2) is 8.42 Å². The summed E-state index contributed by atoms with van der Waals surface area (Å²) in [5, 5.41) is 5.76. The van der Waals surface area contributed by atoms with E-state index in [0.717, 1.165) is 0 Å². The lowest BCUT2D eigenvalue weighted by molar-refractivity contribution is 0.0956. The van der Waals surface area contributed by atoms with Crippen LogP contribution < -0.4 is 16.4 Å². The number of carbonyl (C=O) groups is 1. The van der Waals surface area contributed by atoms with Crippen LogP contribution in [0.4, 0.5) is 11.4 Å². The van der Waals surface area contributed by atoms with E-state index in [1.54, 1.807) is 18.2 Å². The smallest absolute Gasteiger partial charge is 0.251 e. The number of rotatable bonds is 7. The van der Waals surface area contributed by atoms with Gasteiger partial charge in [-0.3, -0.25) is 4.79 Å². The van der Waals surface area contributed by atoms with Gasteiger partial charge in [-0.1, -0.05) is 0 Å². The summed E-state index contributed by atoms with van der Waals surface area (Å²) >= 11 is 0. The molecule has 6 nitrogen and oxygen atoms in total. The average molecular weight is 299 g/mol. The first kappa shape index (κ1) is 16.3. The number of amides is 1. The minimum absolute atomic E-state index is 0.136. The van der Waals surface area contributed by atoms with Crippen LogP contribution >= 0.6 is 0 Å². The number of hydrogen-bond acceptors (Lipinski definition) is 5. The van der Waals surface area contributed by atoms with Crippen molar-refractivity contribution in [1.82, 2.24) is 5.32 Å². The summed E-state index contributed by atoms with van der Waals surface area (Å²) in [5.41, 5.74) is 7.53. The summed E-state index contributed by atoms with van der Waals surface area (Å²) in [4.78, 5) is 11.6. The summed E-state index contributed by atoms with van der Waals surface area (Å²) < 4.78 is 22.0. The molecule has 1 amide bonds. The molecular weight excluding hydrogens is 278 g/mol. The van der Waals surface area contributed by atoms with Crippen LogP contribution in [0.5, 0.6) is 0 Å². The van der Waals surface area contributed by atoms with Crippen LogP contribution in [0.1, 0.15) is 23.7 Å². The molecule has 112 valence electrons. The summed E-state index contributed by atoms with van der Waals surface area (Å²) in [6.07, 6.45) is 1.72. The third-order valence-corrected chi connectivity index (χ3v) is 3.69. The first-order valence-corrected chi connectivity index (χ1v) is 8.49. The predicted molar refractivity (Wildman–Crippen MR) is 81.7 cm³/mol. The predicted octanol–water partition coefficient (Wildman–Crippen LogP) is 0.865. The van der Waals surface area contributed by atoms with Crippen LogP contribution in [0.15, 0.2) is 18.2 Å². The molecule has 0 unspecified atom stereocenters. The fourth-order valence-electron chi connectivity index (χ4n) is 1.68. The van der Waals surface area contributed by atoms with Crippen molar-refractivity contribution in [2.45, 2.75) is 13.3 Å². The summed E-state index contributed by atoms with van der Waals surface area (Å²) in [6, 6.07) is 5.00. The van der Waals surface area contributed by atoms with Gasteiger partial charge in [0.05, 0.1) is 17.1 Å². The largest absolute Gasteiger partial charge is 0.397 e. The fraction of sp³-hybridized carbons (Fsp3) is 0.462. The second-order valence-corrected chi connectivity index (χ2v) is 6.83. The molecule has 0 bridgehead atoms. The third kappa shape index (κ3) is 5.48. The zero-order valence-corrected chi connectivity index (χ0v) is 12.6. The molecule has 1 rings (SSSR count). The van der Waals surface area contributed by atoms with Crippen LogP contribution in [0.25, 0.3) is 0 Å². The monoisotopic (exact) mass is 299 g/mol. The highest BCUT2D eigenvalue weighted by Crippen LogP contribution is 2.19. The number of nitrogens with two attached hydrogens (primary N) is 1. The first-order chi connectivity index (χ1) is 9.33. The lowest BCUT2D eigenvalue weighted by Gasteiger charge is -2.10. The van der Waals surface area contributed by atoms with Crippen molar-refractivity contribution in [3.8, 4) is 0 Å². The highest BCUT2D eigenvalue weighted by Gasteiger charge is 2.07. The van der Waals surface area contributed by atoms with Gasteiger partial charge in [-0.05, 0) is 31.5 Å². The van der Waals surface area contributed by atoms with Gasteiger partial charge in [-0.2, -0.15) is 0 Å². The van der Waals surface area contributed by atoms with Gasteiger partial charge < -0.3 is 16.4 Å². The molecule has 0 spiro atoms. The van der Waals surface area contributed by atoms with Crippen LogP contribution in [0.3, 0.4) is 0 Å². The number of anilines is 2. The third-order valence-electron chi connectivity index (χ3n) is 2.66. The number of nitrogens with one attached hydrogen (secondary N) is 2. The summed E-state index contributed by atoms with van der Waals surface area (Å²) in [6.45, 7) is 2.92. The maximum Gasteiger partial charge on any atom is 0.251 e. The van der Waals surface area contributed by atoms with Gasteiger partial charge in [0.15, 0.2) is 0 Å². The molecule has 0 aliphatic rings. The van der Waals surface area contributed by atoms with Gasteiger partial charge in [0.2, 0.25) is 0 Å². The van der Waals surface area contributed by atoms with Crippen LogP contribution in [0.2, 0.25) is 0 Å². The van der Waals surface area contributed by atoms with E-state index in [0.29, 0.717) is 36.4 Å². The Hall–Kier alpha value is -1.76. The quantitative estimate of drug-likeness (QED) is 0.512. The molecule has 0 aliphatic heterocycles. The molecule has 0 saturated heterocycles. The van der Waals surface area contributed by atoms with Crippen molar-refractivity contribution in [3.05, 3.63) is 23.8 Å². The highest BCUT2D eigenvalue weighted by molar-refractivity contribution is 7.90. The van der Waals surface area contributed by atoms with Crippen molar-refractivity contribution >= 4 is 27.1 Å². The van der Waals surface area contributed by atoms with E-state index in [1.165, 1.54) is 6.26 Å². The van der Waals surface area contributed by atoms with Gasteiger partial charge in [0.1, 0.15) is 9.84 Å². The molecule has 0 radical (unpaired) electrons. The number of nitrogen functional groups attached to an aromatic ring is 1. The number of benzene rings is 1. The first-order valence-electron chi connectivity index (χ1n) is 6.43. The number of hydrogen-bond donors (Lipinski definition) is 3. The Morgan fingerprint density at radius 1 is 1.35 bits per heavy atom. The van der Waals surface area contributed by atoms with Crippen LogP contribution in [-0.4, -0.2) is 39.4 Å². The van der Waals surface area contributed by atoms with E-state index in [9.17, 15) is 13.2 Å². The number of carbonyl (C=O) groups excluding carboxylic acids is 1. The van der Waals surface area contributed by atoms with Gasteiger partial charge in [-0.15, -0.1) is 0 Å². The van der Waals surface area contributed by atoms with Crippen molar-refractivity contribution in [2.24, 2.45) is 0 Å². The second kappa shape index (κ2) is 7.14. The van der Waals surface area contributed by atoms with E-state index in [2.05, 4.69) is 10.6 Å². The highest BCUT2D eigenvalue weighted by atomic mass is 32.2. The molecule has 0 aromatic heterocycles. The zero-order valence-electron chi connectivity index (χ0n) is 11.8. The Bertz CT molecular complexity index is 570. The Morgan fingerprint density at radius 3 is 2.60 bits per heavy atom. The molecule has 1 aromatic rings. The van der Waals surface area contributed by atoms with Crippen molar-refractivity contribution in [3.63, 3.8) is 0 Å². The molecule has 7 heteroatoms. The average Bonchev–Trinajstić information content (AvgIpc) is 2.35. The van der Waals surface area contributed by atoms with Crippen LogP contribution in [-0.2, 0) is 9.84 Å². The Labute approximate surface area is 119 Å². The minimum atomic E-state index is -2.94. The van der Waals surface area contributed by atoms with E-state index >= 15 is 0 Å². The van der Waals surface area contributed by atoms with E-state index in [1.807, 2.05) is 6.92 Å². The fourth-order valence-corrected chi connectivity index (χ4v) is 2.35. The van der Waals surface area contributed by atoms with E-state index < -0.39 is 9.84 Å². The lowest BCUT2D eigenvalue weighted by atomic mass is 10.1. The molecule has 0 aliphatic carbocycles. The molecule has 20 heavy (non-hydrogen) atoms. The molecule has 0 atom stereocenters. The summed E-state index contributed by atoms with van der Waals surface area (Å²) in [5.74, 6) is -0.0282. The van der Waals surface area contributed by atoms with Gasteiger partial charge in [0, 0.05) is 24.9 Å². The lowest BCUT2D eigenvalue weighted by Crippen LogP contribution is -2.22. The standard InChI is InChI=1S/C13H21N3O3S/c1-3-15-13(17)10-5-6-12(11(14)9-10)16-7-4-8-20(2,18)19/h5-6,9,16H,3-4,7-8,14H2,1-2H3,(H,15,17). The van der Waals surface area contributed by atoms with Crippen molar-refractivity contribution in [2.75, 3.05) is 36.1 Å². The van der Waals surface area contributed by atoms with E-state index in [4.69, 9.17) is 5.73 Å². The Morgan fingerprint density at radius 2 is 2.05 bits per heavy atom. The molecule has 0 saturated carbocycles. The maximum absolute atomic E-state index is 11.6. The molecule has 1 aromatic carbocycles. The SMILES string of the molecule is CCNC(=O)c1ccc(NCCCS(C)(=O)=O)c(N)c1.